The zero-order valence-electron chi connectivity index (χ0n) is 22.7. The number of hydrogen-bond acceptors (Lipinski definition) is 7. The highest BCUT2D eigenvalue weighted by Gasteiger charge is 2.28. The normalized spacial score (nSPS) is 14.7. The second kappa shape index (κ2) is 12.5. The van der Waals surface area contributed by atoms with E-state index in [1.807, 2.05) is 6.07 Å². The molecular formula is C28H33N3O7S2. The number of nitrogens with zero attached hydrogens (tertiary/aromatic N) is 2. The Labute approximate surface area is 235 Å². The minimum Gasteiger partial charge on any atom is -0.455 e. The summed E-state index contributed by atoms with van der Waals surface area (Å²) in [6.07, 6.45) is 0. The Morgan fingerprint density at radius 1 is 0.925 bits per heavy atom. The van der Waals surface area contributed by atoms with E-state index >= 15 is 0 Å². The lowest BCUT2D eigenvalue weighted by atomic mass is 10.1. The average Bonchev–Trinajstić information content (AvgIpc) is 2.95. The van der Waals surface area contributed by atoms with Gasteiger partial charge in [-0.05, 0) is 55.0 Å². The minimum absolute atomic E-state index is 0.00715. The van der Waals surface area contributed by atoms with Crippen LogP contribution < -0.4 is 10.1 Å². The predicted molar refractivity (Wildman–Crippen MR) is 152 cm³/mol. The maximum absolute atomic E-state index is 13.5. The minimum atomic E-state index is -3.83. The Hall–Kier alpha value is -3.29. The summed E-state index contributed by atoms with van der Waals surface area (Å²) in [6.45, 7) is 6.82. The fraction of sp³-hybridized carbons (Fsp3) is 0.321. The summed E-state index contributed by atoms with van der Waals surface area (Å²) in [4.78, 5) is 13.5. The van der Waals surface area contributed by atoms with Crippen LogP contribution in [0.3, 0.4) is 0 Å². The van der Waals surface area contributed by atoms with E-state index in [0.717, 1.165) is 0 Å². The third-order valence-electron chi connectivity index (χ3n) is 6.57. The third-order valence-corrected chi connectivity index (χ3v) is 10.5. The molecule has 0 bridgehead atoms. The van der Waals surface area contributed by atoms with Gasteiger partial charge in [-0.25, -0.2) is 16.8 Å². The van der Waals surface area contributed by atoms with Crippen LogP contribution in [0, 0.1) is 6.92 Å². The Morgan fingerprint density at radius 3 is 2.23 bits per heavy atom. The Bertz CT molecular complexity index is 1570. The molecule has 1 aliphatic heterocycles. The highest BCUT2D eigenvalue weighted by Crippen LogP contribution is 2.33. The Balaban J connectivity index is 1.72. The lowest BCUT2D eigenvalue weighted by Crippen LogP contribution is -2.40. The first-order valence-electron chi connectivity index (χ1n) is 12.9. The summed E-state index contributed by atoms with van der Waals surface area (Å²) in [5.74, 6) is 0.117. The van der Waals surface area contributed by atoms with E-state index in [4.69, 9.17) is 9.47 Å². The number of carbonyl (C=O) groups excluding carboxylic acids is 1. The van der Waals surface area contributed by atoms with Crippen molar-refractivity contribution in [2.45, 2.75) is 30.6 Å². The first-order valence-corrected chi connectivity index (χ1v) is 15.8. The van der Waals surface area contributed by atoms with Crippen molar-refractivity contribution in [1.29, 1.82) is 0 Å². The van der Waals surface area contributed by atoms with Gasteiger partial charge in [0, 0.05) is 31.7 Å². The van der Waals surface area contributed by atoms with E-state index < -0.39 is 26.0 Å². The van der Waals surface area contributed by atoms with Gasteiger partial charge in [0.25, 0.3) is 5.91 Å². The van der Waals surface area contributed by atoms with Gasteiger partial charge in [0.05, 0.1) is 28.7 Å². The maximum Gasteiger partial charge on any atom is 0.256 e. The van der Waals surface area contributed by atoms with Gasteiger partial charge in [0.2, 0.25) is 20.0 Å². The Morgan fingerprint density at radius 2 is 1.57 bits per heavy atom. The maximum atomic E-state index is 13.5. The number of nitrogens with one attached hydrogen (secondary N) is 1. The van der Waals surface area contributed by atoms with Gasteiger partial charge in [-0.3, -0.25) is 4.79 Å². The van der Waals surface area contributed by atoms with Gasteiger partial charge < -0.3 is 14.8 Å². The number of carbonyl (C=O) groups is 1. The Kier molecular flexibility index (Phi) is 9.26. The summed E-state index contributed by atoms with van der Waals surface area (Å²) in [5.41, 5.74) is 0.816. The summed E-state index contributed by atoms with van der Waals surface area (Å²) in [6, 6.07) is 17.5. The van der Waals surface area contributed by atoms with Gasteiger partial charge >= 0.3 is 0 Å². The molecule has 40 heavy (non-hydrogen) atoms. The molecule has 1 aliphatic rings. The van der Waals surface area contributed by atoms with E-state index in [2.05, 4.69) is 5.32 Å². The van der Waals surface area contributed by atoms with Gasteiger partial charge in [0.1, 0.15) is 5.75 Å². The lowest BCUT2D eigenvalue weighted by Gasteiger charge is -2.26. The molecule has 1 amide bonds. The second-order valence-electron chi connectivity index (χ2n) is 9.11. The molecule has 3 aromatic carbocycles. The largest absolute Gasteiger partial charge is 0.455 e. The molecule has 3 aromatic rings. The first-order chi connectivity index (χ1) is 19.1. The van der Waals surface area contributed by atoms with E-state index in [0.29, 0.717) is 24.5 Å². The van der Waals surface area contributed by atoms with Crippen molar-refractivity contribution in [3.63, 3.8) is 0 Å². The molecule has 0 atom stereocenters. The monoisotopic (exact) mass is 587 g/mol. The number of hydrogen-bond donors (Lipinski definition) is 1. The zero-order chi connectivity index (χ0) is 28.9. The molecule has 0 radical (unpaired) electrons. The molecule has 0 aromatic heterocycles. The van der Waals surface area contributed by atoms with Crippen molar-refractivity contribution in [3.8, 4) is 11.5 Å². The number of rotatable bonds is 10. The number of aryl methyl sites for hydroxylation is 1. The molecule has 1 fully saturated rings. The van der Waals surface area contributed by atoms with E-state index in [9.17, 15) is 21.6 Å². The highest BCUT2D eigenvalue weighted by molar-refractivity contribution is 7.89. The third kappa shape index (κ3) is 6.37. The molecule has 0 spiro atoms. The zero-order valence-corrected chi connectivity index (χ0v) is 24.3. The summed E-state index contributed by atoms with van der Waals surface area (Å²) in [5, 5.41) is 2.76. The number of sulfonamides is 2. The number of ether oxygens (including phenoxy) is 2. The lowest BCUT2D eigenvalue weighted by molar-refractivity contribution is 0.0730. The van der Waals surface area contributed by atoms with Crippen LogP contribution in [0.4, 0.5) is 5.69 Å². The van der Waals surface area contributed by atoms with Crippen molar-refractivity contribution >= 4 is 31.6 Å². The average molecular weight is 588 g/mol. The fourth-order valence-electron chi connectivity index (χ4n) is 4.32. The van der Waals surface area contributed by atoms with Crippen LogP contribution in [-0.4, -0.2) is 70.7 Å². The van der Waals surface area contributed by atoms with Crippen molar-refractivity contribution in [2.75, 3.05) is 44.7 Å². The number of para-hydroxylation sites is 1. The molecule has 0 aliphatic carbocycles. The smallest absolute Gasteiger partial charge is 0.256 e. The molecule has 12 heteroatoms. The molecule has 10 nitrogen and oxygen atoms in total. The van der Waals surface area contributed by atoms with Crippen LogP contribution in [0.5, 0.6) is 11.5 Å². The fourth-order valence-corrected chi connectivity index (χ4v) is 7.24. The van der Waals surface area contributed by atoms with E-state index in [1.54, 1.807) is 51.1 Å². The van der Waals surface area contributed by atoms with Crippen molar-refractivity contribution in [1.82, 2.24) is 8.61 Å². The molecule has 1 heterocycles. The van der Waals surface area contributed by atoms with Crippen LogP contribution in [0.2, 0.25) is 0 Å². The molecule has 1 N–H and O–H groups in total. The summed E-state index contributed by atoms with van der Waals surface area (Å²) < 4.78 is 66.8. The summed E-state index contributed by atoms with van der Waals surface area (Å²) in [7, 11) is -7.66. The molecule has 0 unspecified atom stereocenters. The van der Waals surface area contributed by atoms with Crippen molar-refractivity contribution in [2.24, 2.45) is 0 Å². The number of morpholine rings is 1. The molecule has 0 saturated carbocycles. The van der Waals surface area contributed by atoms with Crippen molar-refractivity contribution in [3.05, 3.63) is 77.9 Å². The molecule has 214 valence electrons. The van der Waals surface area contributed by atoms with Gasteiger partial charge in [-0.15, -0.1) is 0 Å². The van der Waals surface area contributed by atoms with E-state index in [-0.39, 0.29) is 53.0 Å². The molecular weight excluding hydrogens is 554 g/mol. The predicted octanol–water partition coefficient (Wildman–Crippen LogP) is 4.09. The van der Waals surface area contributed by atoms with Gasteiger partial charge in [-0.1, -0.05) is 38.1 Å². The highest BCUT2D eigenvalue weighted by atomic mass is 32.2. The van der Waals surface area contributed by atoms with Crippen LogP contribution in [0.1, 0.15) is 29.8 Å². The van der Waals surface area contributed by atoms with Crippen molar-refractivity contribution < 1.29 is 31.1 Å². The molecule has 1 saturated heterocycles. The second-order valence-corrected chi connectivity index (χ2v) is 13.0. The van der Waals surface area contributed by atoms with E-state index in [1.165, 1.54) is 38.9 Å². The van der Waals surface area contributed by atoms with Crippen LogP contribution in [0.15, 0.2) is 76.5 Å². The quantitative estimate of drug-likeness (QED) is 0.379. The number of benzene rings is 3. The summed E-state index contributed by atoms with van der Waals surface area (Å²) >= 11 is 0. The van der Waals surface area contributed by atoms with Crippen LogP contribution in [0.25, 0.3) is 0 Å². The van der Waals surface area contributed by atoms with Gasteiger partial charge in [0.15, 0.2) is 5.75 Å². The standard InChI is InChI=1S/C28H33N3O7S2/c1-4-30(5-2)39(33,34)24-13-14-27(38-22-9-7-6-8-10-22)26(20-24)29-28(32)25-19-23(12-11-21(25)3)40(35,36)31-15-17-37-18-16-31/h6-14,19-20H,4-5,15-18H2,1-3H3,(H,29,32). The molecule has 4 rings (SSSR count). The number of amides is 1. The van der Waals surface area contributed by atoms with Crippen LogP contribution >= 0.6 is 0 Å². The topological polar surface area (TPSA) is 122 Å². The number of anilines is 1. The SMILES string of the molecule is CCN(CC)S(=O)(=O)c1ccc(Oc2ccccc2)c(NC(=O)c2cc(S(=O)(=O)N3CCOCC3)ccc2C)c1. The van der Waals surface area contributed by atoms with Gasteiger partial charge in [-0.2, -0.15) is 8.61 Å². The first kappa shape index (κ1) is 29.7. The van der Waals surface area contributed by atoms with Crippen LogP contribution in [-0.2, 0) is 24.8 Å².